The van der Waals surface area contributed by atoms with E-state index in [1.165, 1.54) is 38.5 Å². The average molecular weight is 470 g/mol. The lowest BCUT2D eigenvalue weighted by atomic mass is 9.77. The molecule has 8 nitrogen and oxygen atoms in total. The predicted octanol–water partition coefficient (Wildman–Crippen LogP) is 3.80. The minimum atomic E-state index is -0.841. The molecule has 34 heavy (non-hydrogen) atoms. The molecule has 0 spiro atoms. The van der Waals surface area contributed by atoms with Gasteiger partial charge in [0.1, 0.15) is 5.75 Å². The number of unbranched alkanes of at least 4 members (excludes halogenated alkanes) is 2. The van der Waals surface area contributed by atoms with Crippen molar-refractivity contribution in [2.45, 2.75) is 84.1 Å². The number of aromatic amines is 2. The summed E-state index contributed by atoms with van der Waals surface area (Å²) in [5, 5.41) is 0. The van der Waals surface area contributed by atoms with Crippen LogP contribution in [-0.4, -0.2) is 20.5 Å². The summed E-state index contributed by atoms with van der Waals surface area (Å²) in [7, 11) is 0. The van der Waals surface area contributed by atoms with Gasteiger partial charge in [-0.2, -0.15) is 0 Å². The zero-order chi connectivity index (χ0) is 24.7. The molecule has 1 heterocycles. The summed E-state index contributed by atoms with van der Waals surface area (Å²) in [6, 6.07) is 5.86. The van der Waals surface area contributed by atoms with Crippen molar-refractivity contribution in [3.63, 3.8) is 0 Å². The number of rotatable bonds is 10. The van der Waals surface area contributed by atoms with E-state index in [4.69, 9.17) is 4.74 Å². The lowest BCUT2D eigenvalue weighted by molar-refractivity contribution is -0.130. The molecule has 2 aromatic rings. The zero-order valence-electron chi connectivity index (χ0n) is 20.2. The van der Waals surface area contributed by atoms with Gasteiger partial charge in [0.25, 0.3) is 0 Å². The first-order valence-corrected chi connectivity index (χ1v) is 12.2. The lowest BCUT2D eigenvalue weighted by Crippen LogP contribution is -2.43. The van der Waals surface area contributed by atoms with Crippen molar-refractivity contribution in [1.82, 2.24) is 14.5 Å². The fourth-order valence-electron chi connectivity index (χ4n) is 4.67. The zero-order valence-corrected chi connectivity index (χ0v) is 20.2. The van der Waals surface area contributed by atoms with Gasteiger partial charge in [-0.15, -0.1) is 0 Å². The molecular formula is C26H35N3O5. The van der Waals surface area contributed by atoms with Crippen LogP contribution in [0.15, 0.2) is 44.7 Å². The maximum absolute atomic E-state index is 12.3. The second kappa shape index (κ2) is 11.8. The van der Waals surface area contributed by atoms with Crippen LogP contribution in [0.5, 0.6) is 5.75 Å². The molecule has 0 amide bonds. The average Bonchev–Trinajstić information content (AvgIpc) is 2.79. The van der Waals surface area contributed by atoms with Crippen molar-refractivity contribution in [2.75, 3.05) is 0 Å². The predicted molar refractivity (Wildman–Crippen MR) is 131 cm³/mol. The normalized spacial score (nSPS) is 17.9. The van der Waals surface area contributed by atoms with Crippen molar-refractivity contribution in [3.05, 3.63) is 72.9 Å². The van der Waals surface area contributed by atoms with Crippen LogP contribution in [0.25, 0.3) is 0 Å². The Labute approximate surface area is 199 Å². The molecule has 8 heteroatoms. The second-order valence-corrected chi connectivity index (χ2v) is 9.34. The lowest BCUT2D eigenvalue weighted by Gasteiger charge is -2.29. The molecule has 1 aliphatic carbocycles. The highest BCUT2D eigenvalue weighted by Crippen LogP contribution is 2.39. The minimum Gasteiger partial charge on any atom is -0.423 e. The molecule has 1 aliphatic rings. The quantitative estimate of drug-likeness (QED) is 0.238. The van der Waals surface area contributed by atoms with Gasteiger partial charge in [0.05, 0.1) is 0 Å². The van der Waals surface area contributed by atoms with Crippen LogP contribution in [0.3, 0.4) is 0 Å². The third-order valence-corrected chi connectivity index (χ3v) is 6.71. The van der Waals surface area contributed by atoms with Crippen LogP contribution in [0.2, 0.25) is 0 Å². The number of nitrogens with one attached hydrogen (secondary N) is 2. The third-order valence-electron chi connectivity index (χ3n) is 6.71. The number of H-pyrrole nitrogens is 2. The number of ether oxygens (including phenoxy) is 1. The Morgan fingerprint density at radius 1 is 1.09 bits per heavy atom. The van der Waals surface area contributed by atoms with E-state index in [-0.39, 0.29) is 18.5 Å². The number of esters is 1. The van der Waals surface area contributed by atoms with Gasteiger partial charge in [-0.1, -0.05) is 51.3 Å². The number of hydrogen-bond acceptors (Lipinski definition) is 5. The molecule has 0 saturated heterocycles. The number of nitrogens with zero attached hydrogens (tertiary/aromatic N) is 1. The van der Waals surface area contributed by atoms with Gasteiger partial charge in [0, 0.05) is 12.1 Å². The Morgan fingerprint density at radius 2 is 1.76 bits per heavy atom. The molecule has 1 fully saturated rings. The minimum absolute atomic E-state index is 0.0325. The fourth-order valence-corrected chi connectivity index (χ4v) is 4.67. The van der Waals surface area contributed by atoms with E-state index in [0.29, 0.717) is 17.2 Å². The van der Waals surface area contributed by atoms with E-state index in [1.807, 2.05) is 22.1 Å². The highest BCUT2D eigenvalue weighted by atomic mass is 16.5. The van der Waals surface area contributed by atoms with Crippen molar-refractivity contribution in [2.24, 2.45) is 5.92 Å². The first-order valence-electron chi connectivity index (χ1n) is 12.2. The highest BCUT2D eigenvalue weighted by molar-refractivity contribution is 5.89. The first-order chi connectivity index (χ1) is 16.3. The number of aryl methyl sites for hydroxylation is 1. The molecule has 0 radical (unpaired) electrons. The van der Waals surface area contributed by atoms with E-state index in [9.17, 15) is 19.2 Å². The number of aromatic nitrogens is 3. The largest absolute Gasteiger partial charge is 0.423 e. The first kappa shape index (κ1) is 25.5. The monoisotopic (exact) mass is 469 g/mol. The Morgan fingerprint density at radius 3 is 2.38 bits per heavy atom. The van der Waals surface area contributed by atoms with Gasteiger partial charge in [0.2, 0.25) is 0 Å². The highest BCUT2D eigenvalue weighted by Gasteiger charge is 2.23. The van der Waals surface area contributed by atoms with Crippen LogP contribution in [0, 0.1) is 5.92 Å². The van der Waals surface area contributed by atoms with E-state index in [0.717, 1.165) is 28.9 Å². The summed E-state index contributed by atoms with van der Waals surface area (Å²) in [5.74, 6) is 1.13. The smallest absolute Gasteiger partial charge is 0.338 e. The van der Waals surface area contributed by atoms with Crippen molar-refractivity contribution in [3.8, 4) is 5.75 Å². The van der Waals surface area contributed by atoms with Crippen molar-refractivity contribution < 1.29 is 9.53 Å². The van der Waals surface area contributed by atoms with Crippen LogP contribution in [0.4, 0.5) is 0 Å². The summed E-state index contributed by atoms with van der Waals surface area (Å²) >= 11 is 0. The van der Waals surface area contributed by atoms with E-state index in [2.05, 4.69) is 19.6 Å². The maximum Gasteiger partial charge on any atom is 0.338 e. The summed E-state index contributed by atoms with van der Waals surface area (Å²) in [6.07, 6.45) is 10.1. The second-order valence-electron chi connectivity index (χ2n) is 9.34. The van der Waals surface area contributed by atoms with Gasteiger partial charge in [-0.05, 0) is 68.1 Å². The molecule has 1 saturated carbocycles. The standard InChI is InChI=1S/C26H35N3O5/c1-4-5-6-7-18-8-10-19(11-9-18)21-13-12-20(22(16-21)34-23(30)17(2)3)14-15-29-25(32)27-24(31)28-26(29)33/h12-13,16,18-19H,2,4-11,14-15H2,1,3H3,(H2,27,28,31,32,33). The van der Waals surface area contributed by atoms with Gasteiger partial charge < -0.3 is 4.74 Å². The molecule has 0 atom stereocenters. The van der Waals surface area contributed by atoms with Crippen LogP contribution in [0.1, 0.15) is 82.3 Å². The third kappa shape index (κ3) is 6.68. The number of hydrogen-bond donors (Lipinski definition) is 2. The molecule has 184 valence electrons. The SMILES string of the molecule is C=C(C)C(=O)Oc1cc(C2CCC(CCCCC)CC2)ccc1CCn1c(=O)[nH]c(=O)[nH]c1=O. The summed E-state index contributed by atoms with van der Waals surface area (Å²) < 4.78 is 6.54. The summed E-state index contributed by atoms with van der Waals surface area (Å²) in [6.45, 7) is 7.51. The summed E-state index contributed by atoms with van der Waals surface area (Å²) in [4.78, 5) is 51.6. The molecule has 0 unspecified atom stereocenters. The van der Waals surface area contributed by atoms with Gasteiger partial charge in [-0.25, -0.2) is 23.7 Å². The molecule has 2 N–H and O–H groups in total. The van der Waals surface area contributed by atoms with E-state index < -0.39 is 23.0 Å². The van der Waals surface area contributed by atoms with Crippen LogP contribution < -0.4 is 21.8 Å². The number of carbonyl (C=O) groups excluding carboxylic acids is 1. The summed E-state index contributed by atoms with van der Waals surface area (Å²) in [5.41, 5.74) is -0.268. The Hall–Kier alpha value is -3.16. The molecule has 1 aromatic heterocycles. The Balaban J connectivity index is 1.76. The van der Waals surface area contributed by atoms with E-state index >= 15 is 0 Å². The van der Waals surface area contributed by atoms with Crippen LogP contribution >= 0.6 is 0 Å². The van der Waals surface area contributed by atoms with Gasteiger partial charge in [-0.3, -0.25) is 9.97 Å². The maximum atomic E-state index is 12.3. The number of carbonyl (C=O) groups is 1. The Bertz CT molecular complexity index is 1150. The molecular weight excluding hydrogens is 434 g/mol. The molecule has 0 aliphatic heterocycles. The van der Waals surface area contributed by atoms with Crippen LogP contribution in [-0.2, 0) is 17.8 Å². The van der Waals surface area contributed by atoms with Gasteiger partial charge >= 0.3 is 23.0 Å². The fraction of sp³-hybridized carbons (Fsp3) is 0.538. The number of benzene rings is 1. The Kier molecular flexibility index (Phi) is 8.85. The van der Waals surface area contributed by atoms with Crippen molar-refractivity contribution in [1.29, 1.82) is 0 Å². The molecule has 3 rings (SSSR count). The molecule has 0 bridgehead atoms. The van der Waals surface area contributed by atoms with Gasteiger partial charge in [0.15, 0.2) is 0 Å². The topological polar surface area (TPSA) is 114 Å². The molecule has 1 aromatic carbocycles. The van der Waals surface area contributed by atoms with Crippen molar-refractivity contribution >= 4 is 5.97 Å². The van der Waals surface area contributed by atoms with E-state index in [1.54, 1.807) is 6.92 Å².